The Hall–Kier alpha value is -2.10. The van der Waals surface area contributed by atoms with Gasteiger partial charge < -0.3 is 19.2 Å². The van der Waals surface area contributed by atoms with Crippen LogP contribution in [0.1, 0.15) is 18.7 Å². The predicted molar refractivity (Wildman–Crippen MR) is 70.3 cm³/mol. The molecule has 1 aromatic heterocycles. The number of anilines is 1. The smallest absolute Gasteiger partial charge is 0.145 e. The number of methoxy groups -OCH3 is 2. The quantitative estimate of drug-likeness (QED) is 0.878. The standard InChI is InChI=1S/C14H17NO3/c1-10(13-5-4-8-18-13)15-12-7-6-11(16-2)9-14(12)17-3/h4-10,15H,1-3H3. The number of ether oxygens (including phenoxy) is 2. The van der Waals surface area contributed by atoms with E-state index in [1.165, 1.54) is 0 Å². The van der Waals surface area contributed by atoms with Crippen molar-refractivity contribution in [2.75, 3.05) is 19.5 Å². The summed E-state index contributed by atoms with van der Waals surface area (Å²) in [6, 6.07) is 9.54. The second kappa shape index (κ2) is 5.49. The Morgan fingerprint density at radius 2 is 2.00 bits per heavy atom. The zero-order chi connectivity index (χ0) is 13.0. The molecule has 0 fully saturated rings. The summed E-state index contributed by atoms with van der Waals surface area (Å²) in [6.07, 6.45) is 1.67. The van der Waals surface area contributed by atoms with E-state index in [0.717, 1.165) is 22.9 Å². The van der Waals surface area contributed by atoms with Crippen LogP contribution in [0.15, 0.2) is 41.0 Å². The molecule has 1 unspecified atom stereocenters. The first-order chi connectivity index (χ1) is 8.74. The molecule has 0 aliphatic carbocycles. The minimum atomic E-state index is 0.0716. The number of hydrogen-bond donors (Lipinski definition) is 1. The van der Waals surface area contributed by atoms with E-state index in [9.17, 15) is 0 Å². The van der Waals surface area contributed by atoms with Gasteiger partial charge in [0, 0.05) is 6.07 Å². The van der Waals surface area contributed by atoms with Gasteiger partial charge in [-0.25, -0.2) is 0 Å². The Morgan fingerprint density at radius 3 is 2.61 bits per heavy atom. The minimum Gasteiger partial charge on any atom is -0.497 e. The Labute approximate surface area is 107 Å². The first-order valence-corrected chi connectivity index (χ1v) is 5.76. The summed E-state index contributed by atoms with van der Waals surface area (Å²) in [5, 5.41) is 3.34. The van der Waals surface area contributed by atoms with Crippen LogP contribution in [0.5, 0.6) is 11.5 Å². The van der Waals surface area contributed by atoms with E-state index < -0.39 is 0 Å². The van der Waals surface area contributed by atoms with Crippen molar-refractivity contribution in [1.82, 2.24) is 0 Å². The molecule has 0 bridgehead atoms. The maximum atomic E-state index is 5.36. The van der Waals surface area contributed by atoms with Crippen LogP contribution < -0.4 is 14.8 Å². The van der Waals surface area contributed by atoms with Crippen LogP contribution in [0.25, 0.3) is 0 Å². The molecule has 0 spiro atoms. The van der Waals surface area contributed by atoms with Gasteiger partial charge in [0.15, 0.2) is 0 Å². The van der Waals surface area contributed by atoms with Gasteiger partial charge in [0.25, 0.3) is 0 Å². The monoisotopic (exact) mass is 247 g/mol. The van der Waals surface area contributed by atoms with E-state index in [1.807, 2.05) is 37.3 Å². The molecule has 1 atom stereocenters. The summed E-state index contributed by atoms with van der Waals surface area (Å²) in [6.45, 7) is 2.03. The Kier molecular flexibility index (Phi) is 3.77. The molecule has 2 rings (SSSR count). The van der Waals surface area contributed by atoms with Gasteiger partial charge in [-0.3, -0.25) is 0 Å². The number of furan rings is 1. The van der Waals surface area contributed by atoms with Crippen molar-refractivity contribution in [3.63, 3.8) is 0 Å². The largest absolute Gasteiger partial charge is 0.497 e. The maximum Gasteiger partial charge on any atom is 0.145 e. The van der Waals surface area contributed by atoms with E-state index in [0.29, 0.717) is 0 Å². The van der Waals surface area contributed by atoms with Crippen molar-refractivity contribution < 1.29 is 13.9 Å². The van der Waals surface area contributed by atoms with E-state index in [-0.39, 0.29) is 6.04 Å². The van der Waals surface area contributed by atoms with Crippen LogP contribution in [-0.2, 0) is 0 Å². The Balaban J connectivity index is 2.18. The second-order valence-corrected chi connectivity index (χ2v) is 3.95. The molecule has 18 heavy (non-hydrogen) atoms. The highest BCUT2D eigenvalue weighted by Crippen LogP contribution is 2.31. The van der Waals surface area contributed by atoms with Crippen LogP contribution in [0.2, 0.25) is 0 Å². The molecule has 0 saturated carbocycles. The third kappa shape index (κ3) is 2.59. The zero-order valence-corrected chi connectivity index (χ0v) is 10.8. The first kappa shape index (κ1) is 12.4. The Bertz CT molecular complexity index is 494. The van der Waals surface area contributed by atoms with Gasteiger partial charge in [0.1, 0.15) is 17.3 Å². The van der Waals surface area contributed by atoms with Gasteiger partial charge in [-0.05, 0) is 31.2 Å². The minimum absolute atomic E-state index is 0.0716. The Morgan fingerprint density at radius 1 is 1.17 bits per heavy atom. The molecule has 4 nitrogen and oxygen atoms in total. The normalized spacial score (nSPS) is 11.9. The van der Waals surface area contributed by atoms with E-state index in [4.69, 9.17) is 13.9 Å². The maximum absolute atomic E-state index is 5.36. The molecule has 4 heteroatoms. The molecule has 1 heterocycles. The SMILES string of the molecule is COc1ccc(NC(C)c2ccco2)c(OC)c1. The number of benzene rings is 1. The number of hydrogen-bond acceptors (Lipinski definition) is 4. The van der Waals surface area contributed by atoms with Crippen molar-refractivity contribution in [2.24, 2.45) is 0 Å². The molecule has 0 aliphatic heterocycles. The van der Waals surface area contributed by atoms with Crippen LogP contribution in [0.4, 0.5) is 5.69 Å². The highest BCUT2D eigenvalue weighted by molar-refractivity contribution is 5.59. The molecular weight excluding hydrogens is 230 g/mol. The molecule has 2 aromatic rings. The van der Waals surface area contributed by atoms with Gasteiger partial charge in [0.2, 0.25) is 0 Å². The molecule has 96 valence electrons. The average Bonchev–Trinajstić information content (AvgIpc) is 2.93. The molecular formula is C14H17NO3. The van der Waals surface area contributed by atoms with Crippen molar-refractivity contribution >= 4 is 5.69 Å². The fourth-order valence-electron chi connectivity index (χ4n) is 1.76. The van der Waals surface area contributed by atoms with Crippen LogP contribution in [-0.4, -0.2) is 14.2 Å². The van der Waals surface area contributed by atoms with Crippen molar-refractivity contribution in [2.45, 2.75) is 13.0 Å². The van der Waals surface area contributed by atoms with Gasteiger partial charge >= 0.3 is 0 Å². The van der Waals surface area contributed by atoms with Gasteiger partial charge in [0.05, 0.1) is 32.2 Å². The van der Waals surface area contributed by atoms with Gasteiger partial charge in [-0.2, -0.15) is 0 Å². The topological polar surface area (TPSA) is 43.6 Å². The first-order valence-electron chi connectivity index (χ1n) is 5.76. The summed E-state index contributed by atoms with van der Waals surface area (Å²) in [4.78, 5) is 0. The number of rotatable bonds is 5. The van der Waals surface area contributed by atoms with Crippen molar-refractivity contribution in [3.05, 3.63) is 42.4 Å². The van der Waals surface area contributed by atoms with Crippen LogP contribution >= 0.6 is 0 Å². The molecule has 0 saturated heterocycles. The average molecular weight is 247 g/mol. The highest BCUT2D eigenvalue weighted by Gasteiger charge is 2.11. The lowest BCUT2D eigenvalue weighted by atomic mass is 10.2. The van der Waals surface area contributed by atoms with Gasteiger partial charge in [-0.1, -0.05) is 0 Å². The summed E-state index contributed by atoms with van der Waals surface area (Å²) < 4.78 is 15.9. The summed E-state index contributed by atoms with van der Waals surface area (Å²) in [5.41, 5.74) is 0.905. The van der Waals surface area contributed by atoms with Gasteiger partial charge in [-0.15, -0.1) is 0 Å². The van der Waals surface area contributed by atoms with Crippen LogP contribution in [0.3, 0.4) is 0 Å². The molecule has 1 N–H and O–H groups in total. The second-order valence-electron chi connectivity index (χ2n) is 3.95. The lowest BCUT2D eigenvalue weighted by Crippen LogP contribution is -2.06. The fourth-order valence-corrected chi connectivity index (χ4v) is 1.76. The number of nitrogens with one attached hydrogen (secondary N) is 1. The summed E-state index contributed by atoms with van der Waals surface area (Å²) in [5.74, 6) is 2.39. The summed E-state index contributed by atoms with van der Waals surface area (Å²) in [7, 11) is 3.27. The van der Waals surface area contributed by atoms with E-state index in [1.54, 1.807) is 20.5 Å². The molecule has 1 aromatic carbocycles. The third-order valence-corrected chi connectivity index (χ3v) is 2.75. The third-order valence-electron chi connectivity index (χ3n) is 2.75. The van der Waals surface area contributed by atoms with E-state index in [2.05, 4.69) is 5.32 Å². The lowest BCUT2D eigenvalue weighted by Gasteiger charge is -2.16. The lowest BCUT2D eigenvalue weighted by molar-refractivity contribution is 0.395. The summed E-state index contributed by atoms with van der Waals surface area (Å²) >= 11 is 0. The molecule has 0 radical (unpaired) electrons. The fraction of sp³-hybridized carbons (Fsp3) is 0.286. The van der Waals surface area contributed by atoms with Crippen molar-refractivity contribution in [3.8, 4) is 11.5 Å². The van der Waals surface area contributed by atoms with E-state index >= 15 is 0 Å². The van der Waals surface area contributed by atoms with Crippen molar-refractivity contribution in [1.29, 1.82) is 0 Å². The predicted octanol–water partition coefficient (Wildman–Crippen LogP) is 3.47. The highest BCUT2D eigenvalue weighted by atomic mass is 16.5. The molecule has 0 amide bonds. The zero-order valence-electron chi connectivity index (χ0n) is 10.8. The van der Waals surface area contributed by atoms with Crippen LogP contribution in [0, 0.1) is 0 Å². The molecule has 0 aliphatic rings.